The summed E-state index contributed by atoms with van der Waals surface area (Å²) in [5, 5.41) is 12.0. The zero-order valence-corrected chi connectivity index (χ0v) is 9.61. The number of hydrogen-bond acceptors (Lipinski definition) is 4. The molecule has 16 heavy (non-hydrogen) atoms. The molecule has 0 amide bonds. The molecule has 5 nitrogen and oxygen atoms in total. The van der Waals surface area contributed by atoms with Crippen molar-refractivity contribution in [1.29, 1.82) is 0 Å². The normalized spacial score (nSPS) is 21.6. The number of rotatable bonds is 3. The smallest absolute Gasteiger partial charge is 0.339 e. The predicted octanol–water partition coefficient (Wildman–Crippen LogP) is 1.69. The number of carboxylic acid groups (broad SMARTS) is 1. The van der Waals surface area contributed by atoms with E-state index in [9.17, 15) is 4.79 Å². The van der Waals surface area contributed by atoms with E-state index in [1.807, 2.05) is 0 Å². The number of aromatic nitrogens is 2. The van der Waals surface area contributed by atoms with E-state index in [4.69, 9.17) is 5.11 Å². The molecule has 1 aliphatic rings. The Balaban J connectivity index is 2.13. The molecular formula is C11H15N3O2. The zero-order valence-electron chi connectivity index (χ0n) is 9.61. The highest BCUT2D eigenvalue weighted by molar-refractivity contribution is 5.88. The van der Waals surface area contributed by atoms with Gasteiger partial charge in [-0.15, -0.1) is 0 Å². The summed E-state index contributed by atoms with van der Waals surface area (Å²) >= 11 is 0. The highest BCUT2D eigenvalue weighted by Gasteiger charge is 2.46. The first-order chi connectivity index (χ1) is 7.40. The van der Waals surface area contributed by atoms with Gasteiger partial charge in [0.1, 0.15) is 0 Å². The van der Waals surface area contributed by atoms with E-state index in [1.54, 1.807) is 6.92 Å². The average molecular weight is 221 g/mol. The number of anilines is 1. The molecular weight excluding hydrogens is 206 g/mol. The van der Waals surface area contributed by atoms with Crippen molar-refractivity contribution in [2.75, 3.05) is 5.32 Å². The van der Waals surface area contributed by atoms with Gasteiger partial charge in [-0.05, 0) is 18.8 Å². The van der Waals surface area contributed by atoms with Crippen molar-refractivity contribution in [3.63, 3.8) is 0 Å². The third-order valence-electron chi connectivity index (χ3n) is 3.03. The molecule has 1 aromatic rings. The van der Waals surface area contributed by atoms with Crippen LogP contribution < -0.4 is 5.32 Å². The fourth-order valence-corrected chi connectivity index (χ4v) is 1.62. The lowest BCUT2D eigenvalue weighted by Gasteiger charge is -2.07. The number of hydrogen-bond donors (Lipinski definition) is 2. The lowest BCUT2D eigenvalue weighted by atomic mass is 10.2. The van der Waals surface area contributed by atoms with Crippen molar-refractivity contribution >= 4 is 11.9 Å². The summed E-state index contributed by atoms with van der Waals surface area (Å²) < 4.78 is 0. The second-order valence-corrected chi connectivity index (χ2v) is 4.89. The van der Waals surface area contributed by atoms with Crippen molar-refractivity contribution < 1.29 is 9.90 Å². The van der Waals surface area contributed by atoms with E-state index in [-0.39, 0.29) is 5.56 Å². The number of nitrogens with zero attached hydrogens (tertiary/aromatic N) is 2. The maximum Gasteiger partial charge on any atom is 0.339 e. The maximum absolute atomic E-state index is 10.8. The minimum Gasteiger partial charge on any atom is -0.478 e. The summed E-state index contributed by atoms with van der Waals surface area (Å²) in [7, 11) is 0. The third kappa shape index (κ3) is 1.98. The molecule has 0 spiro atoms. The Morgan fingerprint density at radius 2 is 2.25 bits per heavy atom. The van der Waals surface area contributed by atoms with Crippen LogP contribution in [0, 0.1) is 12.3 Å². The Morgan fingerprint density at radius 1 is 1.62 bits per heavy atom. The van der Waals surface area contributed by atoms with Crippen LogP contribution in [0.25, 0.3) is 0 Å². The molecule has 0 bridgehead atoms. The summed E-state index contributed by atoms with van der Waals surface area (Å²) in [6.45, 7) is 6.01. The number of carbonyl (C=O) groups is 1. The Labute approximate surface area is 93.9 Å². The van der Waals surface area contributed by atoms with Crippen molar-refractivity contribution in [3.05, 3.63) is 17.5 Å². The molecule has 0 aliphatic heterocycles. The van der Waals surface area contributed by atoms with Gasteiger partial charge in [0.15, 0.2) is 0 Å². The molecule has 0 aromatic carbocycles. The molecule has 1 heterocycles. The molecule has 1 saturated carbocycles. The summed E-state index contributed by atoms with van der Waals surface area (Å²) in [4.78, 5) is 18.9. The highest BCUT2D eigenvalue weighted by atomic mass is 16.4. The first kappa shape index (κ1) is 10.9. The fourth-order valence-electron chi connectivity index (χ4n) is 1.62. The predicted molar refractivity (Wildman–Crippen MR) is 59.5 cm³/mol. The van der Waals surface area contributed by atoms with Crippen LogP contribution in [0.4, 0.5) is 5.95 Å². The molecule has 0 unspecified atom stereocenters. The molecule has 1 fully saturated rings. The van der Waals surface area contributed by atoms with E-state index >= 15 is 0 Å². The van der Waals surface area contributed by atoms with Crippen LogP contribution in [0.5, 0.6) is 0 Å². The zero-order chi connectivity index (χ0) is 11.9. The molecule has 2 N–H and O–H groups in total. The lowest BCUT2D eigenvalue weighted by molar-refractivity contribution is 0.0695. The molecule has 0 saturated heterocycles. The molecule has 86 valence electrons. The molecule has 1 aromatic heterocycles. The minimum absolute atomic E-state index is 0.153. The summed E-state index contributed by atoms with van der Waals surface area (Å²) in [5.74, 6) is -0.478. The average Bonchev–Trinajstić information content (AvgIpc) is 2.72. The Hall–Kier alpha value is -1.65. The van der Waals surface area contributed by atoms with Crippen LogP contribution in [-0.2, 0) is 0 Å². The van der Waals surface area contributed by atoms with Crippen molar-refractivity contribution in [2.45, 2.75) is 33.2 Å². The van der Waals surface area contributed by atoms with Gasteiger partial charge >= 0.3 is 5.97 Å². The van der Waals surface area contributed by atoms with Gasteiger partial charge in [0.25, 0.3) is 0 Å². The minimum atomic E-state index is -0.990. The number of aryl methyl sites for hydroxylation is 1. The Kier molecular flexibility index (Phi) is 2.33. The Morgan fingerprint density at radius 3 is 2.69 bits per heavy atom. The maximum atomic E-state index is 10.8. The summed E-state index contributed by atoms with van der Waals surface area (Å²) in [6, 6.07) is 0.391. The van der Waals surface area contributed by atoms with E-state index < -0.39 is 5.97 Å². The largest absolute Gasteiger partial charge is 0.478 e. The van der Waals surface area contributed by atoms with Crippen LogP contribution >= 0.6 is 0 Å². The van der Waals surface area contributed by atoms with Gasteiger partial charge in [-0.2, -0.15) is 0 Å². The lowest BCUT2D eigenvalue weighted by Crippen LogP contribution is -2.13. The van der Waals surface area contributed by atoms with Crippen LogP contribution in [0.3, 0.4) is 0 Å². The first-order valence-electron chi connectivity index (χ1n) is 5.23. The monoisotopic (exact) mass is 221 g/mol. The van der Waals surface area contributed by atoms with Gasteiger partial charge in [-0.1, -0.05) is 13.8 Å². The summed E-state index contributed by atoms with van der Waals surface area (Å²) in [5.41, 5.74) is 0.937. The van der Waals surface area contributed by atoms with Crippen LogP contribution in [0.1, 0.15) is 36.3 Å². The van der Waals surface area contributed by atoms with Crippen molar-refractivity contribution in [1.82, 2.24) is 9.97 Å². The van der Waals surface area contributed by atoms with Crippen LogP contribution in [0.15, 0.2) is 6.20 Å². The summed E-state index contributed by atoms with van der Waals surface area (Å²) in [6.07, 6.45) is 2.44. The first-order valence-corrected chi connectivity index (χ1v) is 5.23. The topological polar surface area (TPSA) is 75.1 Å². The second-order valence-electron chi connectivity index (χ2n) is 4.89. The molecule has 1 atom stereocenters. The highest BCUT2D eigenvalue weighted by Crippen LogP contribution is 2.46. The standard InChI is InChI=1S/C11H15N3O2/c1-6-7(9(15)16)5-12-10(13-6)14-8-4-11(8,2)3/h5,8H,4H2,1-3H3,(H,15,16)(H,12,13,14)/t8-/m0/s1. The molecule has 2 rings (SSSR count). The Bertz CT molecular complexity index is 443. The SMILES string of the molecule is Cc1nc(N[C@H]2CC2(C)C)ncc1C(=O)O. The quantitative estimate of drug-likeness (QED) is 0.812. The molecule has 5 heteroatoms. The van der Waals surface area contributed by atoms with Crippen LogP contribution in [-0.4, -0.2) is 27.1 Å². The van der Waals surface area contributed by atoms with E-state index in [2.05, 4.69) is 29.1 Å². The molecule has 1 aliphatic carbocycles. The van der Waals surface area contributed by atoms with Gasteiger partial charge in [0, 0.05) is 12.2 Å². The van der Waals surface area contributed by atoms with E-state index in [0.717, 1.165) is 6.42 Å². The van der Waals surface area contributed by atoms with Gasteiger partial charge < -0.3 is 10.4 Å². The van der Waals surface area contributed by atoms with E-state index in [1.165, 1.54) is 6.20 Å². The fraction of sp³-hybridized carbons (Fsp3) is 0.545. The van der Waals surface area contributed by atoms with Gasteiger partial charge in [-0.25, -0.2) is 14.8 Å². The van der Waals surface area contributed by atoms with Crippen LogP contribution in [0.2, 0.25) is 0 Å². The van der Waals surface area contributed by atoms with E-state index in [0.29, 0.717) is 23.1 Å². The van der Waals surface area contributed by atoms with Crippen molar-refractivity contribution in [3.8, 4) is 0 Å². The number of carboxylic acids is 1. The van der Waals surface area contributed by atoms with Gasteiger partial charge in [0.05, 0.1) is 11.3 Å². The third-order valence-corrected chi connectivity index (χ3v) is 3.03. The molecule has 0 radical (unpaired) electrons. The van der Waals surface area contributed by atoms with Gasteiger partial charge in [0.2, 0.25) is 5.95 Å². The second kappa shape index (κ2) is 3.43. The number of nitrogens with one attached hydrogen (secondary N) is 1. The van der Waals surface area contributed by atoms with Crippen molar-refractivity contribution in [2.24, 2.45) is 5.41 Å². The number of aromatic carboxylic acids is 1. The van der Waals surface area contributed by atoms with Gasteiger partial charge in [-0.3, -0.25) is 0 Å².